The topological polar surface area (TPSA) is 25.8 Å². The second-order valence-corrected chi connectivity index (χ2v) is 23.0. The van der Waals surface area contributed by atoms with Gasteiger partial charge in [0.05, 0.1) is 11.4 Å². The van der Waals surface area contributed by atoms with Gasteiger partial charge in [0.1, 0.15) is 0 Å². The van der Waals surface area contributed by atoms with E-state index in [-0.39, 0.29) is 21.7 Å². The lowest BCUT2D eigenvalue weighted by molar-refractivity contribution is 0.659. The zero-order valence-electron chi connectivity index (χ0n) is 42.4. The number of benzene rings is 8. The van der Waals surface area contributed by atoms with Crippen molar-refractivity contribution in [2.45, 2.75) is 77.0 Å². The Labute approximate surface area is 424 Å². The van der Waals surface area contributed by atoms with Crippen molar-refractivity contribution in [3.63, 3.8) is 0 Å². The van der Waals surface area contributed by atoms with Gasteiger partial charge >= 0.3 is 0 Å². The number of hydrogen-bond acceptors (Lipinski definition) is 2. The van der Waals surface area contributed by atoms with E-state index in [4.69, 9.17) is 9.97 Å². The maximum Gasteiger partial charge on any atom is 0.0780 e. The average molecular weight is 925 g/mol. The fourth-order valence-electron chi connectivity index (χ4n) is 13.6. The van der Waals surface area contributed by atoms with Gasteiger partial charge in [0.2, 0.25) is 0 Å². The molecule has 0 unspecified atom stereocenters. The Kier molecular flexibility index (Phi) is 8.82. The molecule has 2 heteroatoms. The van der Waals surface area contributed by atoms with Crippen LogP contribution in [0.2, 0.25) is 0 Å². The molecule has 0 saturated carbocycles. The van der Waals surface area contributed by atoms with E-state index in [1.54, 1.807) is 0 Å². The van der Waals surface area contributed by atoms with Crippen LogP contribution in [0.25, 0.3) is 100 Å². The van der Waals surface area contributed by atoms with E-state index in [0.717, 1.165) is 33.6 Å². The zero-order chi connectivity index (χ0) is 49.1. The van der Waals surface area contributed by atoms with Gasteiger partial charge in [0.25, 0.3) is 0 Å². The fraction of sp³-hybridized carbons (Fsp3) is 0.171. The molecule has 346 valence electrons. The first-order chi connectivity index (χ1) is 34.7. The predicted octanol–water partition coefficient (Wildman–Crippen LogP) is 18.0. The van der Waals surface area contributed by atoms with E-state index in [9.17, 15) is 0 Å². The van der Waals surface area contributed by atoms with E-state index < -0.39 is 0 Å². The maximum absolute atomic E-state index is 5.08. The highest BCUT2D eigenvalue weighted by Gasteiger charge is 2.40. The summed E-state index contributed by atoms with van der Waals surface area (Å²) in [5, 5.41) is 0. The number of aromatic nitrogens is 2. The SMILES string of the molecule is CC1(C)c2ccccc2-c2ccc(-c3cccnc3-c3ccc4c(c3)C(C)(C)c3cc(-c5ccc6c(c5)C(C)(C)c5cc(-c7ncccc7-c7ccc8c(c7)C(C)(C)c7ccccc7-8)ccc5-6)ccc3-4)cc21. The van der Waals surface area contributed by atoms with Crippen LogP contribution in [0.5, 0.6) is 0 Å². The van der Waals surface area contributed by atoms with Gasteiger partial charge < -0.3 is 0 Å². The van der Waals surface area contributed by atoms with Gasteiger partial charge in [0, 0.05) is 56.3 Å². The molecule has 4 aliphatic carbocycles. The Morgan fingerprint density at radius 2 is 0.472 bits per heavy atom. The number of fused-ring (bicyclic) bond motifs is 12. The first-order valence-electron chi connectivity index (χ1n) is 25.7. The normalized spacial score (nSPS) is 15.9. The molecule has 0 spiro atoms. The third-order valence-corrected chi connectivity index (χ3v) is 17.6. The summed E-state index contributed by atoms with van der Waals surface area (Å²) in [6, 6.07) is 68.8. The molecule has 0 bridgehead atoms. The smallest absolute Gasteiger partial charge is 0.0780 e. The standard InChI is InChI=1S/C70H56N2/c1-67(2)57-19-11-9-15-49(57)51-29-23-43(37-61(51)67)47-17-13-33-71-65(47)45-25-31-55-53-27-21-41(35-59(53)69(5,6)63(55)39-45)42-22-28-54-56-32-26-46(40-64(56)70(7,8)60(54)36-42)66-48(18-14-34-72-66)44-24-30-52-50-16-10-12-20-58(50)68(3,4)62(52)38-44/h9-40H,1-8H3. The van der Waals surface area contributed by atoms with Crippen molar-refractivity contribution in [1.82, 2.24) is 9.97 Å². The van der Waals surface area contributed by atoms with Crippen molar-refractivity contribution >= 4 is 0 Å². The zero-order valence-corrected chi connectivity index (χ0v) is 42.4. The van der Waals surface area contributed by atoms with Crippen LogP contribution in [0.3, 0.4) is 0 Å². The van der Waals surface area contributed by atoms with E-state index in [0.29, 0.717) is 0 Å². The molecular weight excluding hydrogens is 869 g/mol. The summed E-state index contributed by atoms with van der Waals surface area (Å²) in [4.78, 5) is 10.2. The Balaban J connectivity index is 0.772. The Morgan fingerprint density at radius 3 is 0.833 bits per heavy atom. The quantitative estimate of drug-likeness (QED) is 0.172. The molecule has 0 saturated heterocycles. The van der Waals surface area contributed by atoms with Crippen LogP contribution < -0.4 is 0 Å². The lowest BCUT2D eigenvalue weighted by Crippen LogP contribution is -2.16. The van der Waals surface area contributed by atoms with Crippen LogP contribution in [-0.2, 0) is 21.7 Å². The first-order valence-corrected chi connectivity index (χ1v) is 25.7. The second-order valence-electron chi connectivity index (χ2n) is 23.0. The summed E-state index contributed by atoms with van der Waals surface area (Å²) in [5.41, 5.74) is 32.6. The molecule has 0 radical (unpaired) electrons. The van der Waals surface area contributed by atoms with Crippen molar-refractivity contribution in [1.29, 1.82) is 0 Å². The molecule has 8 aromatic carbocycles. The molecule has 4 aliphatic rings. The third kappa shape index (κ3) is 5.90. The monoisotopic (exact) mass is 924 g/mol. The highest BCUT2D eigenvalue weighted by Crippen LogP contribution is 2.55. The summed E-state index contributed by atoms with van der Waals surface area (Å²) in [6.07, 6.45) is 3.87. The minimum atomic E-state index is -0.205. The lowest BCUT2D eigenvalue weighted by Gasteiger charge is -2.24. The lowest BCUT2D eigenvalue weighted by atomic mass is 9.79. The van der Waals surface area contributed by atoms with Crippen molar-refractivity contribution in [2.75, 3.05) is 0 Å². The van der Waals surface area contributed by atoms with Gasteiger partial charge in [-0.15, -0.1) is 0 Å². The Hall–Kier alpha value is -7.94. The van der Waals surface area contributed by atoms with Gasteiger partial charge in [-0.25, -0.2) is 0 Å². The highest BCUT2D eigenvalue weighted by atomic mass is 14.7. The largest absolute Gasteiger partial charge is 0.256 e. The van der Waals surface area contributed by atoms with Gasteiger partial charge in [-0.05, 0) is 160 Å². The molecule has 2 heterocycles. The molecule has 14 rings (SSSR count). The minimum Gasteiger partial charge on any atom is -0.256 e. The van der Waals surface area contributed by atoms with Crippen LogP contribution in [0.15, 0.2) is 194 Å². The van der Waals surface area contributed by atoms with Crippen LogP contribution in [0.4, 0.5) is 0 Å². The van der Waals surface area contributed by atoms with Gasteiger partial charge in [-0.3, -0.25) is 9.97 Å². The van der Waals surface area contributed by atoms with Crippen molar-refractivity contribution < 1.29 is 0 Å². The van der Waals surface area contributed by atoms with E-state index in [1.807, 2.05) is 12.4 Å². The van der Waals surface area contributed by atoms with E-state index in [1.165, 1.54) is 111 Å². The molecular formula is C70H56N2. The van der Waals surface area contributed by atoms with Crippen molar-refractivity contribution in [3.05, 3.63) is 239 Å². The molecule has 2 aromatic heterocycles. The van der Waals surface area contributed by atoms with Gasteiger partial charge in [-0.1, -0.05) is 189 Å². The number of pyridine rings is 2. The summed E-state index contributed by atoms with van der Waals surface area (Å²) in [6.45, 7) is 19.0. The molecule has 0 aliphatic heterocycles. The molecule has 2 nitrogen and oxygen atoms in total. The average Bonchev–Trinajstić information content (AvgIpc) is 3.97. The summed E-state index contributed by atoms with van der Waals surface area (Å²) >= 11 is 0. The number of rotatable bonds is 5. The number of nitrogens with zero attached hydrogens (tertiary/aromatic N) is 2. The van der Waals surface area contributed by atoms with E-state index >= 15 is 0 Å². The maximum atomic E-state index is 5.08. The van der Waals surface area contributed by atoms with Crippen LogP contribution in [0, 0.1) is 0 Å². The van der Waals surface area contributed by atoms with Gasteiger partial charge in [0.15, 0.2) is 0 Å². The minimum absolute atomic E-state index is 0.0696. The van der Waals surface area contributed by atoms with Crippen LogP contribution >= 0.6 is 0 Å². The molecule has 10 aromatic rings. The van der Waals surface area contributed by atoms with Crippen molar-refractivity contribution in [3.8, 4) is 100 Å². The third-order valence-electron chi connectivity index (χ3n) is 17.6. The second kappa shape index (κ2) is 14.8. The van der Waals surface area contributed by atoms with Crippen LogP contribution in [0.1, 0.15) is 99.9 Å². The molecule has 72 heavy (non-hydrogen) atoms. The molecule has 0 atom stereocenters. The summed E-state index contributed by atoms with van der Waals surface area (Å²) < 4.78 is 0. The predicted molar refractivity (Wildman–Crippen MR) is 299 cm³/mol. The first kappa shape index (κ1) is 42.9. The van der Waals surface area contributed by atoms with Crippen LogP contribution in [-0.4, -0.2) is 9.97 Å². The fourth-order valence-corrected chi connectivity index (χ4v) is 13.6. The molecule has 0 fully saturated rings. The highest BCUT2D eigenvalue weighted by molar-refractivity contribution is 5.93. The van der Waals surface area contributed by atoms with Crippen molar-refractivity contribution in [2.24, 2.45) is 0 Å². The van der Waals surface area contributed by atoms with E-state index in [2.05, 4.69) is 237 Å². The molecule has 0 N–H and O–H groups in total. The van der Waals surface area contributed by atoms with Gasteiger partial charge in [-0.2, -0.15) is 0 Å². The Morgan fingerprint density at radius 1 is 0.222 bits per heavy atom. The summed E-state index contributed by atoms with van der Waals surface area (Å²) in [5.74, 6) is 0. The Bertz CT molecular complexity index is 3730. The number of hydrogen-bond donors (Lipinski definition) is 0. The molecule has 0 amide bonds. The summed E-state index contributed by atoms with van der Waals surface area (Å²) in [7, 11) is 0.